The maximum atomic E-state index is 14.2. The molecule has 210 valence electrons. The lowest BCUT2D eigenvalue weighted by Crippen LogP contribution is -2.58. The van der Waals surface area contributed by atoms with Gasteiger partial charge in [-0.15, -0.1) is 0 Å². The summed E-state index contributed by atoms with van der Waals surface area (Å²) in [6.45, 7) is 6.79. The van der Waals surface area contributed by atoms with Gasteiger partial charge in [-0.2, -0.15) is 0 Å². The van der Waals surface area contributed by atoms with Gasteiger partial charge in [-0.1, -0.05) is 81.3 Å². The van der Waals surface area contributed by atoms with Gasteiger partial charge >= 0.3 is 0 Å². The van der Waals surface area contributed by atoms with E-state index in [0.717, 1.165) is 30.4 Å². The first-order valence-electron chi connectivity index (χ1n) is 14.7. The average molecular weight is 542 g/mol. The van der Waals surface area contributed by atoms with Gasteiger partial charge in [-0.3, -0.25) is 14.4 Å². The summed E-state index contributed by atoms with van der Waals surface area (Å²) >= 11 is 0. The Bertz CT molecular complexity index is 1330. The third-order valence-corrected chi connectivity index (χ3v) is 9.73. The molecule has 3 amide bonds. The Morgan fingerprint density at radius 3 is 2.62 bits per heavy atom. The molecule has 1 saturated carbocycles. The molecule has 7 heteroatoms. The molecule has 40 heavy (non-hydrogen) atoms. The van der Waals surface area contributed by atoms with Gasteiger partial charge in [0, 0.05) is 18.3 Å². The van der Waals surface area contributed by atoms with Crippen molar-refractivity contribution in [3.63, 3.8) is 0 Å². The van der Waals surface area contributed by atoms with Crippen LogP contribution in [0.4, 0.5) is 5.69 Å². The molecule has 2 saturated heterocycles. The van der Waals surface area contributed by atoms with Crippen LogP contribution in [0.25, 0.3) is 0 Å². The van der Waals surface area contributed by atoms with Crippen LogP contribution < -0.4 is 10.6 Å². The minimum atomic E-state index is -1.15. The van der Waals surface area contributed by atoms with Crippen molar-refractivity contribution in [2.75, 3.05) is 11.9 Å². The number of amides is 3. The van der Waals surface area contributed by atoms with Crippen molar-refractivity contribution in [1.82, 2.24) is 10.2 Å². The number of likely N-dealkylation sites (tertiary alicyclic amines) is 1. The number of nitrogens with zero attached hydrogens (tertiary/aromatic N) is 1. The lowest BCUT2D eigenvalue weighted by molar-refractivity contribution is -0.141. The van der Waals surface area contributed by atoms with Gasteiger partial charge in [0.15, 0.2) is 0 Å². The van der Waals surface area contributed by atoms with Crippen LogP contribution >= 0.6 is 0 Å². The number of hydrogen-bond acceptors (Lipinski definition) is 4. The minimum Gasteiger partial charge on any atom is -0.359 e. The second-order valence-electron chi connectivity index (χ2n) is 12.2. The average Bonchev–Trinajstić information content (AvgIpc) is 3.58. The number of ether oxygens (including phenoxy) is 1. The highest BCUT2D eigenvalue weighted by Crippen LogP contribution is 2.55. The van der Waals surface area contributed by atoms with Crippen LogP contribution in [-0.4, -0.2) is 53.0 Å². The molecule has 0 aromatic heterocycles. The lowest BCUT2D eigenvalue weighted by atomic mass is 9.73. The fourth-order valence-corrected chi connectivity index (χ4v) is 7.40. The van der Waals surface area contributed by atoms with Crippen molar-refractivity contribution in [2.45, 2.75) is 70.2 Å². The van der Waals surface area contributed by atoms with Crippen molar-refractivity contribution in [3.05, 3.63) is 77.9 Å². The van der Waals surface area contributed by atoms with E-state index in [0.29, 0.717) is 30.5 Å². The van der Waals surface area contributed by atoms with Crippen molar-refractivity contribution < 1.29 is 19.1 Å². The molecule has 6 unspecified atom stereocenters. The smallest absolute Gasteiger partial charge is 0.246 e. The van der Waals surface area contributed by atoms with E-state index in [1.807, 2.05) is 73.7 Å². The number of hydrogen-bond donors (Lipinski definition) is 2. The van der Waals surface area contributed by atoms with Gasteiger partial charge in [0.05, 0.1) is 17.9 Å². The topological polar surface area (TPSA) is 87.7 Å². The second-order valence-corrected chi connectivity index (χ2v) is 12.2. The molecule has 3 aliphatic heterocycles. The number of aryl methyl sites for hydroxylation is 1. The molecule has 8 atom stereocenters. The van der Waals surface area contributed by atoms with E-state index in [1.165, 1.54) is 0 Å². The van der Waals surface area contributed by atoms with Crippen LogP contribution in [-0.2, 0) is 25.5 Å². The minimum absolute atomic E-state index is 0.0563. The predicted octanol–water partition coefficient (Wildman–Crippen LogP) is 4.27. The number of nitrogens with one attached hydrogen (secondary N) is 2. The first-order valence-corrected chi connectivity index (χ1v) is 14.7. The van der Waals surface area contributed by atoms with Gasteiger partial charge in [-0.05, 0) is 54.9 Å². The molecule has 2 N–H and O–H groups in total. The van der Waals surface area contributed by atoms with Crippen LogP contribution in [0.1, 0.15) is 44.2 Å². The first-order chi connectivity index (χ1) is 19.3. The zero-order valence-corrected chi connectivity index (χ0v) is 23.5. The normalized spacial score (nSPS) is 34.1. The Labute approximate surface area is 236 Å². The van der Waals surface area contributed by atoms with E-state index in [1.54, 1.807) is 4.90 Å². The SMILES string of the molecule is Cc1cccc(NC(=O)C2[C@@H]3C=CC4(O3)C(C(=O)NC3CCCC(C)C3C)N(CCc3ccccc3)C(=O)[C@H]24)c1. The highest BCUT2D eigenvalue weighted by Gasteiger charge is 2.72. The number of carbonyl (C=O) groups excluding carboxylic acids is 3. The fraction of sp³-hybridized carbons (Fsp3) is 0.485. The van der Waals surface area contributed by atoms with E-state index in [-0.39, 0.29) is 23.8 Å². The maximum absolute atomic E-state index is 14.2. The maximum Gasteiger partial charge on any atom is 0.246 e. The molecule has 3 fully saturated rings. The van der Waals surface area contributed by atoms with E-state index in [9.17, 15) is 14.4 Å². The highest BCUT2D eigenvalue weighted by atomic mass is 16.5. The molecule has 2 aromatic carbocycles. The number of anilines is 1. The van der Waals surface area contributed by atoms with Gasteiger partial charge in [0.2, 0.25) is 17.7 Å². The fourth-order valence-electron chi connectivity index (χ4n) is 7.40. The Hall–Kier alpha value is -3.45. The highest BCUT2D eigenvalue weighted by molar-refractivity contribution is 6.02. The standard InChI is InChI=1S/C33H39N3O4/c1-20-9-7-13-24(19-20)34-30(37)27-26-15-17-33(40-26)28(27)32(39)36(18-16-23-11-5-4-6-12-23)29(33)31(38)35-25-14-8-10-21(2)22(25)3/h4-7,9,11-13,15,17,19,21-22,25-29H,8,10,14,16,18H2,1-3H3,(H,34,37)(H,35,38)/t21?,22?,25?,26-,27?,28-,29?,33?/m0/s1. The molecule has 1 aliphatic carbocycles. The second kappa shape index (κ2) is 10.5. The summed E-state index contributed by atoms with van der Waals surface area (Å²) in [5.74, 6) is -1.19. The zero-order chi connectivity index (χ0) is 28.0. The van der Waals surface area contributed by atoms with E-state index < -0.39 is 29.6 Å². The first kappa shape index (κ1) is 26.8. The van der Waals surface area contributed by atoms with E-state index >= 15 is 0 Å². The molecule has 7 nitrogen and oxygen atoms in total. The number of benzene rings is 2. The van der Waals surface area contributed by atoms with Gasteiger partial charge in [0.1, 0.15) is 11.6 Å². The Morgan fingerprint density at radius 2 is 1.85 bits per heavy atom. The van der Waals surface area contributed by atoms with E-state index in [2.05, 4.69) is 24.5 Å². The molecule has 3 heterocycles. The molecule has 4 aliphatic rings. The Balaban J connectivity index is 1.30. The lowest BCUT2D eigenvalue weighted by Gasteiger charge is -2.38. The molecule has 1 spiro atoms. The third kappa shape index (κ3) is 4.54. The van der Waals surface area contributed by atoms with Gasteiger partial charge in [0.25, 0.3) is 0 Å². The summed E-state index contributed by atoms with van der Waals surface area (Å²) in [5.41, 5.74) is 1.66. The zero-order valence-electron chi connectivity index (χ0n) is 23.5. The van der Waals surface area contributed by atoms with Crippen LogP contribution in [0, 0.1) is 30.6 Å². The summed E-state index contributed by atoms with van der Waals surface area (Å²) < 4.78 is 6.51. The number of rotatable bonds is 7. The summed E-state index contributed by atoms with van der Waals surface area (Å²) in [4.78, 5) is 43.7. The van der Waals surface area contributed by atoms with Gasteiger partial charge in [-0.25, -0.2) is 0 Å². The molecule has 2 aromatic rings. The van der Waals surface area contributed by atoms with Crippen LogP contribution in [0.5, 0.6) is 0 Å². The molecular formula is C33H39N3O4. The Morgan fingerprint density at radius 1 is 1.05 bits per heavy atom. The summed E-state index contributed by atoms with van der Waals surface area (Å²) in [6, 6.07) is 16.8. The van der Waals surface area contributed by atoms with Crippen LogP contribution in [0.3, 0.4) is 0 Å². The summed E-state index contributed by atoms with van der Waals surface area (Å²) in [7, 11) is 0. The summed E-state index contributed by atoms with van der Waals surface area (Å²) in [5, 5.41) is 6.33. The van der Waals surface area contributed by atoms with Crippen LogP contribution in [0.2, 0.25) is 0 Å². The van der Waals surface area contributed by atoms with E-state index in [4.69, 9.17) is 4.74 Å². The van der Waals surface area contributed by atoms with Crippen LogP contribution in [0.15, 0.2) is 66.7 Å². The third-order valence-electron chi connectivity index (χ3n) is 9.73. The molecule has 0 radical (unpaired) electrons. The molecular weight excluding hydrogens is 502 g/mol. The molecule has 2 bridgehead atoms. The Kier molecular flexibility index (Phi) is 7.03. The number of carbonyl (C=O) groups is 3. The summed E-state index contributed by atoms with van der Waals surface area (Å²) in [6.07, 6.45) is 7.00. The number of fused-ring (bicyclic) bond motifs is 1. The largest absolute Gasteiger partial charge is 0.359 e. The van der Waals surface area contributed by atoms with Gasteiger partial charge < -0.3 is 20.3 Å². The monoisotopic (exact) mass is 541 g/mol. The van der Waals surface area contributed by atoms with Crippen molar-refractivity contribution in [1.29, 1.82) is 0 Å². The molecule has 6 rings (SSSR count). The van der Waals surface area contributed by atoms with Crippen molar-refractivity contribution in [2.24, 2.45) is 23.7 Å². The van der Waals surface area contributed by atoms with Crippen molar-refractivity contribution >= 4 is 23.4 Å². The quantitative estimate of drug-likeness (QED) is 0.513. The predicted molar refractivity (Wildman–Crippen MR) is 153 cm³/mol. The van der Waals surface area contributed by atoms with Crippen molar-refractivity contribution in [3.8, 4) is 0 Å².